The van der Waals surface area contributed by atoms with Crippen molar-refractivity contribution >= 4 is 35.4 Å². The number of carbonyl (C=O) groups is 2. The largest absolute Gasteiger partial charge is 0.477 e. The molecule has 1 N–H and O–H groups in total. The summed E-state index contributed by atoms with van der Waals surface area (Å²) in [5, 5.41) is 22.1. The second-order valence-electron chi connectivity index (χ2n) is 7.83. The lowest BCUT2D eigenvalue weighted by molar-refractivity contribution is -0.147. The third-order valence-corrected chi connectivity index (χ3v) is 7.97. The van der Waals surface area contributed by atoms with Gasteiger partial charge in [-0.2, -0.15) is 0 Å². The van der Waals surface area contributed by atoms with Crippen LogP contribution < -0.4 is 5.36 Å². The average molecular weight is 496 g/mol. The van der Waals surface area contributed by atoms with Crippen LogP contribution in [0.4, 0.5) is 0 Å². The van der Waals surface area contributed by atoms with Crippen molar-refractivity contribution < 1.29 is 14.7 Å². The lowest BCUT2D eigenvalue weighted by Gasteiger charge is -2.47. The Bertz CT molecular complexity index is 1320. The lowest BCUT2D eigenvalue weighted by Crippen LogP contribution is -2.64. The SMILES string of the molecule is Cn1nnnc1SCC1=C(C(=O)O)N2C(=O)C(N=c3ccn(Cc4ccccc4)cc3)C2SC1. The van der Waals surface area contributed by atoms with Gasteiger partial charge in [0, 0.05) is 37.5 Å². The molecule has 0 aliphatic carbocycles. The Morgan fingerprint density at radius 3 is 2.68 bits per heavy atom. The number of aryl methyl sites for hydroxylation is 1. The minimum atomic E-state index is -1.11. The molecule has 0 spiro atoms. The number of benzene rings is 1. The number of β-lactam (4-membered cyclic amide) rings is 1. The summed E-state index contributed by atoms with van der Waals surface area (Å²) in [4.78, 5) is 30.9. The molecular weight excluding hydrogens is 474 g/mol. The Hall–Kier alpha value is -3.38. The first-order chi connectivity index (χ1) is 16.5. The van der Waals surface area contributed by atoms with Crippen LogP contribution in [0.1, 0.15) is 5.56 Å². The fraction of sp³-hybridized carbons (Fsp3) is 0.273. The van der Waals surface area contributed by atoms with Crippen LogP contribution in [0.25, 0.3) is 0 Å². The molecule has 10 nitrogen and oxygen atoms in total. The van der Waals surface area contributed by atoms with Gasteiger partial charge in [-0.25, -0.2) is 9.48 Å². The van der Waals surface area contributed by atoms with Crippen LogP contribution in [0.3, 0.4) is 0 Å². The molecule has 174 valence electrons. The van der Waals surface area contributed by atoms with Crippen molar-refractivity contribution in [2.24, 2.45) is 12.0 Å². The number of hydrogen-bond donors (Lipinski definition) is 1. The summed E-state index contributed by atoms with van der Waals surface area (Å²) in [7, 11) is 1.72. The van der Waals surface area contributed by atoms with Gasteiger partial charge in [0.2, 0.25) is 5.16 Å². The Balaban J connectivity index is 1.31. The number of rotatable bonds is 7. The second-order valence-corrected chi connectivity index (χ2v) is 9.88. The van der Waals surface area contributed by atoms with Gasteiger partial charge >= 0.3 is 5.97 Å². The zero-order valence-corrected chi connectivity index (χ0v) is 19.8. The number of carboxylic acid groups (broad SMARTS) is 1. The molecule has 12 heteroatoms. The normalized spacial score (nSPS) is 19.6. The summed E-state index contributed by atoms with van der Waals surface area (Å²) in [6, 6.07) is 13.3. The van der Waals surface area contributed by atoms with Crippen LogP contribution >= 0.6 is 23.5 Å². The molecule has 1 saturated heterocycles. The maximum absolute atomic E-state index is 12.9. The number of amides is 1. The number of carbonyl (C=O) groups excluding carboxylic acids is 1. The molecule has 3 aromatic rings. The first-order valence-electron chi connectivity index (χ1n) is 10.5. The van der Waals surface area contributed by atoms with E-state index in [1.54, 1.807) is 7.05 Å². The fourth-order valence-corrected chi connectivity index (χ4v) is 6.17. The number of carboxylic acids is 1. The summed E-state index contributed by atoms with van der Waals surface area (Å²) >= 11 is 2.88. The highest BCUT2D eigenvalue weighted by Gasteiger charge is 2.53. The maximum atomic E-state index is 12.9. The standard InChI is InChI=1S/C22H21N7O3S2/c1-27-22(24-25-26-27)34-13-15-12-33-20-17(19(30)29(20)18(15)21(31)32)23-16-7-9-28(10-8-16)11-14-5-3-2-4-6-14/h2-10,17,20H,11-13H2,1H3,(H,31,32). The first kappa shape index (κ1) is 22.4. The van der Waals surface area contributed by atoms with Gasteiger partial charge in [-0.3, -0.25) is 14.7 Å². The van der Waals surface area contributed by atoms with Crippen molar-refractivity contribution in [1.82, 2.24) is 29.7 Å². The van der Waals surface area contributed by atoms with Crippen LogP contribution in [0.2, 0.25) is 0 Å². The Labute approximate surface area is 203 Å². The molecule has 0 bridgehead atoms. The van der Waals surface area contributed by atoms with Gasteiger partial charge < -0.3 is 9.67 Å². The van der Waals surface area contributed by atoms with Crippen LogP contribution in [0.15, 0.2) is 76.3 Å². The monoisotopic (exact) mass is 495 g/mol. The second kappa shape index (κ2) is 9.47. The molecule has 2 aliphatic rings. The molecule has 2 unspecified atom stereocenters. The van der Waals surface area contributed by atoms with Gasteiger partial charge in [-0.15, -0.1) is 16.9 Å². The fourth-order valence-electron chi connectivity index (χ4n) is 3.85. The molecule has 1 aromatic carbocycles. The topological polar surface area (TPSA) is 118 Å². The smallest absolute Gasteiger partial charge is 0.352 e. The molecule has 34 heavy (non-hydrogen) atoms. The van der Waals surface area contributed by atoms with E-state index in [-0.39, 0.29) is 17.0 Å². The number of fused-ring (bicyclic) bond motifs is 1. The van der Waals surface area contributed by atoms with E-state index in [0.29, 0.717) is 27.6 Å². The van der Waals surface area contributed by atoms with E-state index in [9.17, 15) is 14.7 Å². The van der Waals surface area contributed by atoms with E-state index in [0.717, 1.165) is 6.54 Å². The highest BCUT2D eigenvalue weighted by atomic mass is 32.2. The molecule has 2 atom stereocenters. The minimum absolute atomic E-state index is 0.0524. The maximum Gasteiger partial charge on any atom is 0.352 e. The molecule has 1 amide bonds. The Morgan fingerprint density at radius 1 is 1.24 bits per heavy atom. The lowest BCUT2D eigenvalue weighted by atomic mass is 10.0. The van der Waals surface area contributed by atoms with Gasteiger partial charge in [-0.05, 0) is 33.7 Å². The van der Waals surface area contributed by atoms with Gasteiger partial charge in [0.05, 0.1) is 5.36 Å². The van der Waals surface area contributed by atoms with Crippen molar-refractivity contribution in [3.8, 4) is 0 Å². The van der Waals surface area contributed by atoms with Gasteiger partial charge in [-0.1, -0.05) is 42.1 Å². The van der Waals surface area contributed by atoms with Crippen LogP contribution in [0.5, 0.6) is 0 Å². The predicted octanol–water partition coefficient (Wildman–Crippen LogP) is 1.38. The summed E-state index contributed by atoms with van der Waals surface area (Å²) in [5.74, 6) is -0.503. The molecule has 2 aliphatic heterocycles. The van der Waals surface area contributed by atoms with E-state index in [2.05, 4.69) is 32.7 Å². The number of tetrazole rings is 1. The molecule has 1 fully saturated rings. The quantitative estimate of drug-likeness (QED) is 0.386. The van der Waals surface area contributed by atoms with E-state index in [4.69, 9.17) is 0 Å². The number of nitrogens with zero attached hydrogens (tertiary/aromatic N) is 7. The molecule has 4 heterocycles. The summed E-state index contributed by atoms with van der Waals surface area (Å²) < 4.78 is 3.57. The van der Waals surface area contributed by atoms with E-state index >= 15 is 0 Å². The first-order valence-corrected chi connectivity index (χ1v) is 12.5. The third kappa shape index (κ3) is 4.38. The zero-order chi connectivity index (χ0) is 23.7. The van der Waals surface area contributed by atoms with Gasteiger partial charge in [0.15, 0.2) is 6.04 Å². The highest BCUT2D eigenvalue weighted by molar-refractivity contribution is 8.01. The summed E-state index contributed by atoms with van der Waals surface area (Å²) in [6.45, 7) is 0.744. The molecule has 0 saturated carbocycles. The van der Waals surface area contributed by atoms with E-state index < -0.39 is 12.0 Å². The molecule has 5 rings (SSSR count). The number of aliphatic carboxylic acids is 1. The van der Waals surface area contributed by atoms with E-state index in [1.165, 1.54) is 38.7 Å². The Morgan fingerprint density at radius 2 is 2.00 bits per heavy atom. The van der Waals surface area contributed by atoms with Crippen molar-refractivity contribution in [3.63, 3.8) is 0 Å². The molecule has 2 aromatic heterocycles. The summed E-state index contributed by atoms with van der Waals surface area (Å²) in [6.07, 6.45) is 3.86. The van der Waals surface area contributed by atoms with Gasteiger partial charge in [0.1, 0.15) is 11.1 Å². The van der Waals surface area contributed by atoms with Crippen molar-refractivity contribution in [2.75, 3.05) is 11.5 Å². The van der Waals surface area contributed by atoms with Crippen molar-refractivity contribution in [3.05, 3.63) is 77.0 Å². The van der Waals surface area contributed by atoms with Crippen molar-refractivity contribution in [1.29, 1.82) is 0 Å². The van der Waals surface area contributed by atoms with Crippen LogP contribution in [0, 0.1) is 0 Å². The summed E-state index contributed by atoms with van der Waals surface area (Å²) in [5.41, 5.74) is 1.92. The molecule has 0 radical (unpaired) electrons. The number of thioether (sulfide) groups is 2. The minimum Gasteiger partial charge on any atom is -0.477 e. The molecular formula is C22H21N7O3S2. The number of aromatic nitrogens is 5. The predicted molar refractivity (Wildman–Crippen MR) is 127 cm³/mol. The highest BCUT2D eigenvalue weighted by Crippen LogP contribution is 2.42. The van der Waals surface area contributed by atoms with E-state index in [1.807, 2.05) is 47.3 Å². The Kier molecular flexibility index (Phi) is 6.24. The van der Waals surface area contributed by atoms with Crippen LogP contribution in [-0.4, -0.2) is 69.6 Å². The zero-order valence-electron chi connectivity index (χ0n) is 18.2. The van der Waals surface area contributed by atoms with Crippen molar-refractivity contribution in [2.45, 2.75) is 23.1 Å². The van der Waals surface area contributed by atoms with Crippen LogP contribution in [-0.2, 0) is 23.2 Å². The average Bonchev–Trinajstić information content (AvgIpc) is 3.26. The number of hydrogen-bond acceptors (Lipinski definition) is 8. The number of pyridine rings is 1. The third-order valence-electron chi connectivity index (χ3n) is 5.55. The van der Waals surface area contributed by atoms with Gasteiger partial charge in [0.25, 0.3) is 5.91 Å².